The van der Waals surface area contributed by atoms with Gasteiger partial charge in [0.1, 0.15) is 0 Å². The van der Waals surface area contributed by atoms with Crippen LogP contribution >= 0.6 is 11.6 Å². The minimum absolute atomic E-state index is 0.341. The van der Waals surface area contributed by atoms with Crippen LogP contribution in [0.1, 0.15) is 30.0 Å². The fourth-order valence-electron chi connectivity index (χ4n) is 2.51. The number of aryl methyl sites for hydroxylation is 1. The SMILES string of the molecule is CNC(c1ccc(C)c(Cl)c1)C1CCCOC1. The highest BCUT2D eigenvalue weighted by Gasteiger charge is 2.24. The Morgan fingerprint density at radius 1 is 1.47 bits per heavy atom. The average molecular weight is 254 g/mol. The maximum atomic E-state index is 6.19. The van der Waals surface area contributed by atoms with Crippen molar-refractivity contribution in [2.75, 3.05) is 20.3 Å². The van der Waals surface area contributed by atoms with E-state index < -0.39 is 0 Å². The van der Waals surface area contributed by atoms with Crippen molar-refractivity contribution in [3.63, 3.8) is 0 Å². The van der Waals surface area contributed by atoms with E-state index in [2.05, 4.69) is 23.5 Å². The Labute approximate surface area is 108 Å². The van der Waals surface area contributed by atoms with Gasteiger partial charge in [-0.25, -0.2) is 0 Å². The molecule has 1 aliphatic heterocycles. The first-order chi connectivity index (χ1) is 8.22. The zero-order valence-corrected chi connectivity index (χ0v) is 11.3. The molecule has 1 N–H and O–H groups in total. The molecule has 0 aromatic heterocycles. The minimum Gasteiger partial charge on any atom is -0.381 e. The normalized spacial score (nSPS) is 22.4. The fraction of sp³-hybridized carbons (Fsp3) is 0.571. The molecule has 94 valence electrons. The van der Waals surface area contributed by atoms with Crippen LogP contribution in [0.2, 0.25) is 5.02 Å². The van der Waals surface area contributed by atoms with Gasteiger partial charge in [0.05, 0.1) is 6.61 Å². The first kappa shape index (κ1) is 12.9. The molecule has 0 bridgehead atoms. The molecule has 2 nitrogen and oxygen atoms in total. The highest BCUT2D eigenvalue weighted by Crippen LogP contribution is 2.30. The summed E-state index contributed by atoms with van der Waals surface area (Å²) in [7, 11) is 2.01. The lowest BCUT2D eigenvalue weighted by molar-refractivity contribution is 0.0402. The molecule has 2 atom stereocenters. The summed E-state index contributed by atoms with van der Waals surface area (Å²) in [4.78, 5) is 0. The lowest BCUT2D eigenvalue weighted by Crippen LogP contribution is -2.31. The third kappa shape index (κ3) is 3.01. The quantitative estimate of drug-likeness (QED) is 0.892. The smallest absolute Gasteiger partial charge is 0.0512 e. The van der Waals surface area contributed by atoms with Gasteiger partial charge in [0.15, 0.2) is 0 Å². The molecule has 1 aromatic carbocycles. The van der Waals surface area contributed by atoms with Crippen LogP contribution in [-0.4, -0.2) is 20.3 Å². The zero-order valence-electron chi connectivity index (χ0n) is 10.5. The molecule has 1 fully saturated rings. The van der Waals surface area contributed by atoms with E-state index in [9.17, 15) is 0 Å². The van der Waals surface area contributed by atoms with E-state index in [1.54, 1.807) is 0 Å². The van der Waals surface area contributed by atoms with Gasteiger partial charge in [-0.1, -0.05) is 23.7 Å². The molecule has 2 rings (SSSR count). The number of halogens is 1. The standard InChI is InChI=1S/C14H20ClNO/c1-10-5-6-11(8-13(10)15)14(16-2)12-4-3-7-17-9-12/h5-6,8,12,14,16H,3-4,7,9H2,1-2H3. The van der Waals surface area contributed by atoms with Crippen molar-refractivity contribution in [1.29, 1.82) is 0 Å². The van der Waals surface area contributed by atoms with E-state index in [1.165, 1.54) is 12.0 Å². The summed E-state index contributed by atoms with van der Waals surface area (Å²) in [5, 5.41) is 4.24. The van der Waals surface area contributed by atoms with Gasteiger partial charge >= 0.3 is 0 Å². The lowest BCUT2D eigenvalue weighted by Gasteiger charge is -2.30. The van der Waals surface area contributed by atoms with Crippen LogP contribution in [0, 0.1) is 12.8 Å². The van der Waals surface area contributed by atoms with Crippen molar-refractivity contribution in [1.82, 2.24) is 5.32 Å². The number of hydrogen-bond donors (Lipinski definition) is 1. The molecule has 0 spiro atoms. The predicted octanol–water partition coefficient (Wildman–Crippen LogP) is 3.34. The monoisotopic (exact) mass is 253 g/mol. The molecular formula is C14H20ClNO. The molecule has 0 amide bonds. The van der Waals surface area contributed by atoms with Crippen molar-refractivity contribution < 1.29 is 4.74 Å². The average Bonchev–Trinajstić information content (AvgIpc) is 2.36. The van der Waals surface area contributed by atoms with Crippen LogP contribution in [0.15, 0.2) is 18.2 Å². The largest absolute Gasteiger partial charge is 0.381 e. The summed E-state index contributed by atoms with van der Waals surface area (Å²) in [5.74, 6) is 0.549. The second kappa shape index (κ2) is 5.85. The van der Waals surface area contributed by atoms with Gasteiger partial charge < -0.3 is 10.1 Å². The molecule has 2 unspecified atom stereocenters. The molecule has 1 aromatic rings. The van der Waals surface area contributed by atoms with E-state index in [-0.39, 0.29) is 0 Å². The highest BCUT2D eigenvalue weighted by atomic mass is 35.5. The Bertz CT molecular complexity index is 374. The van der Waals surface area contributed by atoms with Crippen molar-refractivity contribution in [2.45, 2.75) is 25.8 Å². The Hall–Kier alpha value is -0.570. The number of nitrogens with one attached hydrogen (secondary N) is 1. The maximum absolute atomic E-state index is 6.19. The molecule has 1 saturated heterocycles. The molecule has 1 heterocycles. The second-order valence-electron chi connectivity index (χ2n) is 4.75. The first-order valence-corrected chi connectivity index (χ1v) is 6.61. The molecule has 0 radical (unpaired) electrons. The van der Waals surface area contributed by atoms with Gasteiger partial charge in [0, 0.05) is 23.6 Å². The van der Waals surface area contributed by atoms with Crippen molar-refractivity contribution in [2.24, 2.45) is 5.92 Å². The van der Waals surface area contributed by atoms with Gasteiger partial charge in [-0.15, -0.1) is 0 Å². The van der Waals surface area contributed by atoms with Crippen molar-refractivity contribution in [3.05, 3.63) is 34.3 Å². The van der Waals surface area contributed by atoms with Gasteiger partial charge in [-0.3, -0.25) is 0 Å². The number of benzene rings is 1. The Kier molecular flexibility index (Phi) is 4.43. The van der Waals surface area contributed by atoms with Gasteiger partial charge in [0.25, 0.3) is 0 Å². The number of hydrogen-bond acceptors (Lipinski definition) is 2. The van der Waals surface area contributed by atoms with Crippen molar-refractivity contribution in [3.8, 4) is 0 Å². The van der Waals surface area contributed by atoms with Crippen molar-refractivity contribution >= 4 is 11.6 Å². The summed E-state index contributed by atoms with van der Waals surface area (Å²) >= 11 is 6.19. The third-order valence-electron chi connectivity index (χ3n) is 3.53. The third-order valence-corrected chi connectivity index (χ3v) is 3.94. The molecule has 0 saturated carbocycles. The molecule has 1 aliphatic rings. The molecule has 17 heavy (non-hydrogen) atoms. The fourth-order valence-corrected chi connectivity index (χ4v) is 2.69. The van der Waals surface area contributed by atoms with E-state index in [1.807, 2.05) is 14.0 Å². The summed E-state index contributed by atoms with van der Waals surface area (Å²) < 4.78 is 5.57. The van der Waals surface area contributed by atoms with E-state index in [4.69, 9.17) is 16.3 Å². The number of ether oxygens (including phenoxy) is 1. The van der Waals surface area contributed by atoms with Crippen LogP contribution in [0.25, 0.3) is 0 Å². The summed E-state index contributed by atoms with van der Waals surface area (Å²) in [6, 6.07) is 6.67. The minimum atomic E-state index is 0.341. The Morgan fingerprint density at radius 3 is 2.88 bits per heavy atom. The highest BCUT2D eigenvalue weighted by molar-refractivity contribution is 6.31. The molecule has 0 aliphatic carbocycles. The summed E-state index contributed by atoms with van der Waals surface area (Å²) in [6.07, 6.45) is 2.37. The zero-order chi connectivity index (χ0) is 12.3. The number of rotatable bonds is 3. The maximum Gasteiger partial charge on any atom is 0.0512 e. The van der Waals surface area contributed by atoms with E-state index in [0.717, 1.165) is 30.2 Å². The summed E-state index contributed by atoms with van der Waals surface area (Å²) in [6.45, 7) is 3.78. The van der Waals surface area contributed by atoms with Crippen LogP contribution in [0.3, 0.4) is 0 Å². The van der Waals surface area contributed by atoms with Crippen LogP contribution in [0.4, 0.5) is 0 Å². The van der Waals surface area contributed by atoms with Gasteiger partial charge in [0.2, 0.25) is 0 Å². The second-order valence-corrected chi connectivity index (χ2v) is 5.16. The summed E-state index contributed by atoms with van der Waals surface area (Å²) in [5.41, 5.74) is 2.39. The Balaban J connectivity index is 2.18. The van der Waals surface area contributed by atoms with Crippen LogP contribution in [0.5, 0.6) is 0 Å². The Morgan fingerprint density at radius 2 is 2.29 bits per heavy atom. The van der Waals surface area contributed by atoms with Crippen LogP contribution in [-0.2, 0) is 4.74 Å². The van der Waals surface area contributed by atoms with Crippen LogP contribution < -0.4 is 5.32 Å². The first-order valence-electron chi connectivity index (χ1n) is 6.23. The van der Waals surface area contributed by atoms with Gasteiger partial charge in [-0.2, -0.15) is 0 Å². The predicted molar refractivity (Wildman–Crippen MR) is 71.5 cm³/mol. The van der Waals surface area contributed by atoms with E-state index in [0.29, 0.717) is 12.0 Å². The molecular weight excluding hydrogens is 234 g/mol. The molecule has 3 heteroatoms. The topological polar surface area (TPSA) is 21.3 Å². The lowest BCUT2D eigenvalue weighted by atomic mass is 9.88. The van der Waals surface area contributed by atoms with E-state index >= 15 is 0 Å². The van der Waals surface area contributed by atoms with Gasteiger partial charge in [-0.05, 0) is 44.0 Å².